The first-order chi connectivity index (χ1) is 13.6. The lowest BCUT2D eigenvalue weighted by molar-refractivity contribution is 0.0950. The van der Waals surface area contributed by atoms with Gasteiger partial charge >= 0.3 is 0 Å². The number of aryl methyl sites for hydroxylation is 1. The van der Waals surface area contributed by atoms with Gasteiger partial charge in [-0.05, 0) is 49.7 Å². The van der Waals surface area contributed by atoms with Gasteiger partial charge in [0, 0.05) is 36.1 Å². The van der Waals surface area contributed by atoms with Crippen LogP contribution in [-0.2, 0) is 6.54 Å². The number of carbonyl (C=O) groups is 1. The molecule has 1 aromatic heterocycles. The Balaban J connectivity index is 1.77. The third kappa shape index (κ3) is 4.49. The number of carbonyl (C=O) groups excluding carboxylic acids is 1. The first kappa shape index (κ1) is 19.4. The number of methoxy groups -OCH3 is 1. The fourth-order valence-corrected chi connectivity index (χ4v) is 3.11. The van der Waals surface area contributed by atoms with Crippen molar-refractivity contribution in [2.45, 2.75) is 20.4 Å². The van der Waals surface area contributed by atoms with Crippen LogP contribution in [-0.4, -0.2) is 24.5 Å². The van der Waals surface area contributed by atoms with Gasteiger partial charge in [0.2, 0.25) is 0 Å². The summed E-state index contributed by atoms with van der Waals surface area (Å²) < 4.78 is 5.34. The molecular formula is C23H25N3O2. The molecule has 1 amide bonds. The molecule has 0 atom stereocenters. The van der Waals surface area contributed by atoms with E-state index in [1.807, 2.05) is 42.5 Å². The highest BCUT2D eigenvalue weighted by molar-refractivity contribution is 5.95. The topological polar surface area (TPSA) is 54.5 Å². The lowest BCUT2D eigenvalue weighted by Gasteiger charge is -2.23. The second-order valence-corrected chi connectivity index (χ2v) is 6.48. The first-order valence-corrected chi connectivity index (χ1v) is 9.32. The van der Waals surface area contributed by atoms with Gasteiger partial charge in [0.1, 0.15) is 11.6 Å². The van der Waals surface area contributed by atoms with E-state index in [1.165, 1.54) is 5.56 Å². The Labute approximate surface area is 166 Å². The summed E-state index contributed by atoms with van der Waals surface area (Å²) >= 11 is 0. The monoisotopic (exact) mass is 375 g/mol. The molecule has 0 aliphatic rings. The van der Waals surface area contributed by atoms with Gasteiger partial charge < -0.3 is 15.0 Å². The van der Waals surface area contributed by atoms with Crippen LogP contribution in [0.5, 0.6) is 5.75 Å². The van der Waals surface area contributed by atoms with Crippen LogP contribution >= 0.6 is 0 Å². The molecule has 5 heteroatoms. The van der Waals surface area contributed by atoms with Crippen molar-refractivity contribution in [1.82, 2.24) is 10.3 Å². The van der Waals surface area contributed by atoms with E-state index in [2.05, 4.69) is 41.2 Å². The number of ether oxygens (including phenoxy) is 1. The number of benzene rings is 2. The number of nitrogens with zero attached hydrogens (tertiary/aromatic N) is 2. The molecule has 3 aromatic rings. The average molecular weight is 375 g/mol. The van der Waals surface area contributed by atoms with Crippen LogP contribution in [0.25, 0.3) is 0 Å². The SMILES string of the molecule is CCN(c1cccc(C)c1)c1cc(C(=O)NCc2ccccc2OC)ccn1. The summed E-state index contributed by atoms with van der Waals surface area (Å²) in [5.74, 6) is 1.36. The van der Waals surface area contributed by atoms with Gasteiger partial charge in [0.15, 0.2) is 0 Å². The first-order valence-electron chi connectivity index (χ1n) is 9.32. The molecule has 0 radical (unpaired) electrons. The third-order valence-corrected chi connectivity index (χ3v) is 4.55. The number of rotatable bonds is 7. The van der Waals surface area contributed by atoms with E-state index in [9.17, 15) is 4.79 Å². The van der Waals surface area contributed by atoms with Crippen molar-refractivity contribution in [1.29, 1.82) is 0 Å². The van der Waals surface area contributed by atoms with Crippen LogP contribution in [0, 0.1) is 6.92 Å². The van der Waals surface area contributed by atoms with Gasteiger partial charge in [0.25, 0.3) is 5.91 Å². The zero-order valence-corrected chi connectivity index (χ0v) is 16.5. The Bertz CT molecular complexity index is 956. The highest BCUT2D eigenvalue weighted by Gasteiger charge is 2.13. The minimum absolute atomic E-state index is 0.144. The molecule has 5 nitrogen and oxygen atoms in total. The highest BCUT2D eigenvalue weighted by Crippen LogP contribution is 2.25. The molecule has 2 aromatic carbocycles. The third-order valence-electron chi connectivity index (χ3n) is 4.55. The molecule has 0 aliphatic heterocycles. The summed E-state index contributed by atoms with van der Waals surface area (Å²) in [6, 6.07) is 19.4. The van der Waals surface area contributed by atoms with Gasteiger partial charge in [0.05, 0.1) is 7.11 Å². The predicted octanol–water partition coefficient (Wildman–Crippen LogP) is 4.49. The molecule has 0 fully saturated rings. The number of hydrogen-bond donors (Lipinski definition) is 1. The zero-order chi connectivity index (χ0) is 19.9. The van der Waals surface area contributed by atoms with Crippen molar-refractivity contribution < 1.29 is 9.53 Å². The summed E-state index contributed by atoms with van der Waals surface area (Å²) in [6.07, 6.45) is 1.67. The Kier molecular flexibility index (Phi) is 6.27. The average Bonchev–Trinajstić information content (AvgIpc) is 2.73. The highest BCUT2D eigenvalue weighted by atomic mass is 16.5. The largest absolute Gasteiger partial charge is 0.496 e. The van der Waals surface area contributed by atoms with Crippen molar-refractivity contribution in [2.75, 3.05) is 18.6 Å². The number of hydrogen-bond acceptors (Lipinski definition) is 4. The van der Waals surface area contributed by atoms with Gasteiger partial charge in [-0.1, -0.05) is 30.3 Å². The predicted molar refractivity (Wildman–Crippen MR) is 112 cm³/mol. The van der Waals surface area contributed by atoms with Gasteiger partial charge in [-0.25, -0.2) is 4.98 Å². The number of amides is 1. The van der Waals surface area contributed by atoms with Crippen LogP contribution in [0.3, 0.4) is 0 Å². The van der Waals surface area contributed by atoms with Crippen LogP contribution in [0.2, 0.25) is 0 Å². The Morgan fingerprint density at radius 2 is 1.93 bits per heavy atom. The lowest BCUT2D eigenvalue weighted by Crippen LogP contribution is -2.24. The Hall–Kier alpha value is -3.34. The molecule has 1 N–H and O–H groups in total. The second-order valence-electron chi connectivity index (χ2n) is 6.48. The van der Waals surface area contributed by atoms with E-state index >= 15 is 0 Å². The van der Waals surface area contributed by atoms with E-state index < -0.39 is 0 Å². The van der Waals surface area contributed by atoms with E-state index in [4.69, 9.17) is 4.74 Å². The molecule has 0 bridgehead atoms. The van der Waals surface area contributed by atoms with Crippen molar-refractivity contribution in [2.24, 2.45) is 0 Å². The summed E-state index contributed by atoms with van der Waals surface area (Å²) in [7, 11) is 1.63. The number of pyridine rings is 1. The Morgan fingerprint density at radius 1 is 1.11 bits per heavy atom. The molecule has 0 saturated heterocycles. The Morgan fingerprint density at radius 3 is 2.68 bits per heavy atom. The van der Waals surface area contributed by atoms with Crippen LogP contribution in [0.1, 0.15) is 28.4 Å². The van der Waals surface area contributed by atoms with Crippen LogP contribution in [0.15, 0.2) is 66.9 Å². The molecular weight excluding hydrogens is 350 g/mol. The number of para-hydroxylation sites is 1. The van der Waals surface area contributed by atoms with Crippen molar-refractivity contribution in [3.05, 3.63) is 83.6 Å². The fraction of sp³-hybridized carbons (Fsp3) is 0.217. The molecule has 0 unspecified atom stereocenters. The molecule has 144 valence electrons. The number of nitrogens with one attached hydrogen (secondary N) is 1. The molecule has 0 saturated carbocycles. The molecule has 0 aliphatic carbocycles. The number of anilines is 2. The standard InChI is InChI=1S/C23H25N3O2/c1-4-26(20-10-7-8-17(2)14-20)22-15-18(12-13-24-22)23(27)25-16-19-9-5-6-11-21(19)28-3/h5-15H,4,16H2,1-3H3,(H,25,27). The van der Waals surface area contributed by atoms with Gasteiger partial charge in [-0.2, -0.15) is 0 Å². The maximum atomic E-state index is 12.7. The van der Waals surface area contributed by atoms with Crippen LogP contribution < -0.4 is 15.0 Å². The van der Waals surface area contributed by atoms with E-state index in [1.54, 1.807) is 19.4 Å². The van der Waals surface area contributed by atoms with Crippen LogP contribution in [0.4, 0.5) is 11.5 Å². The number of aromatic nitrogens is 1. The molecule has 0 spiro atoms. The van der Waals surface area contributed by atoms with Crippen molar-refractivity contribution in [3.63, 3.8) is 0 Å². The normalized spacial score (nSPS) is 10.4. The maximum absolute atomic E-state index is 12.7. The summed E-state index contributed by atoms with van der Waals surface area (Å²) in [5.41, 5.74) is 3.75. The van der Waals surface area contributed by atoms with E-state index in [-0.39, 0.29) is 5.91 Å². The molecule has 3 rings (SSSR count). The zero-order valence-electron chi connectivity index (χ0n) is 16.5. The maximum Gasteiger partial charge on any atom is 0.251 e. The second kappa shape index (κ2) is 9.04. The van der Waals surface area contributed by atoms with Crippen molar-refractivity contribution in [3.8, 4) is 5.75 Å². The molecule has 1 heterocycles. The van der Waals surface area contributed by atoms with Gasteiger partial charge in [-0.3, -0.25) is 4.79 Å². The molecule has 28 heavy (non-hydrogen) atoms. The minimum Gasteiger partial charge on any atom is -0.496 e. The fourth-order valence-electron chi connectivity index (χ4n) is 3.11. The minimum atomic E-state index is -0.144. The summed E-state index contributed by atoms with van der Waals surface area (Å²) in [6.45, 7) is 5.28. The summed E-state index contributed by atoms with van der Waals surface area (Å²) in [5, 5.41) is 2.96. The lowest BCUT2D eigenvalue weighted by atomic mass is 10.1. The summed E-state index contributed by atoms with van der Waals surface area (Å²) in [4.78, 5) is 19.2. The van der Waals surface area contributed by atoms with Gasteiger partial charge in [-0.15, -0.1) is 0 Å². The smallest absolute Gasteiger partial charge is 0.251 e. The van der Waals surface area contributed by atoms with Crippen molar-refractivity contribution >= 4 is 17.4 Å². The van der Waals surface area contributed by atoms with E-state index in [0.29, 0.717) is 12.1 Å². The quantitative estimate of drug-likeness (QED) is 0.661. The van der Waals surface area contributed by atoms with E-state index in [0.717, 1.165) is 29.4 Å².